The third-order valence-corrected chi connectivity index (χ3v) is 3.37. The number of carbonyl (C=O) groups excluding carboxylic acids is 1. The number of benzene rings is 1. The Kier molecular flexibility index (Phi) is 4.17. The molecular formula is C11H14O2S. The number of hydrogen-bond acceptors (Lipinski definition) is 3. The lowest BCUT2D eigenvalue weighted by molar-refractivity contribution is -0.117. The summed E-state index contributed by atoms with van der Waals surface area (Å²) < 4.78 is 0. The molecule has 1 rings (SSSR count). The number of hydrogen-bond donors (Lipinski definition) is 1. The van der Waals surface area contributed by atoms with Gasteiger partial charge in [-0.1, -0.05) is 18.2 Å². The average molecular weight is 210 g/mol. The molecule has 14 heavy (non-hydrogen) atoms. The van der Waals surface area contributed by atoms with Crippen LogP contribution in [0.15, 0.2) is 35.2 Å². The molecule has 1 aromatic carbocycles. The first kappa shape index (κ1) is 11.3. The molecule has 2 nitrogen and oxygen atoms in total. The van der Waals surface area contributed by atoms with Gasteiger partial charge in [0.2, 0.25) is 0 Å². The van der Waals surface area contributed by atoms with E-state index in [-0.39, 0.29) is 11.0 Å². The number of carbonyl (C=O) groups is 1. The van der Waals surface area contributed by atoms with Crippen molar-refractivity contribution in [1.82, 2.24) is 0 Å². The number of thioether (sulfide) groups is 1. The summed E-state index contributed by atoms with van der Waals surface area (Å²) in [5.41, 5.74) is 0. The quantitative estimate of drug-likeness (QED) is 0.773. The molecule has 0 amide bonds. The fraction of sp³-hybridized carbons (Fsp3) is 0.364. The van der Waals surface area contributed by atoms with Crippen LogP contribution in [0.25, 0.3) is 0 Å². The average Bonchev–Trinajstić information content (AvgIpc) is 2.15. The summed E-state index contributed by atoms with van der Waals surface area (Å²) in [5, 5.41) is 9.04. The maximum atomic E-state index is 11.2. The van der Waals surface area contributed by atoms with Crippen LogP contribution in [0.3, 0.4) is 0 Å². The molecule has 0 radical (unpaired) electrons. The van der Waals surface area contributed by atoms with Gasteiger partial charge >= 0.3 is 0 Å². The van der Waals surface area contributed by atoms with Crippen molar-refractivity contribution in [1.29, 1.82) is 0 Å². The van der Waals surface area contributed by atoms with E-state index in [4.69, 9.17) is 0 Å². The zero-order valence-corrected chi connectivity index (χ0v) is 9.12. The summed E-state index contributed by atoms with van der Waals surface area (Å²) in [4.78, 5) is 12.2. The fourth-order valence-corrected chi connectivity index (χ4v) is 2.14. The molecule has 0 aromatic heterocycles. The third kappa shape index (κ3) is 3.16. The zero-order chi connectivity index (χ0) is 10.6. The highest BCUT2D eigenvalue weighted by atomic mass is 32.2. The van der Waals surface area contributed by atoms with Gasteiger partial charge in [0.25, 0.3) is 0 Å². The number of rotatable bonds is 4. The predicted molar refractivity (Wildman–Crippen MR) is 58.4 cm³/mol. The summed E-state index contributed by atoms with van der Waals surface area (Å²) in [6.07, 6.45) is -0.613. The van der Waals surface area contributed by atoms with Gasteiger partial charge in [-0.3, -0.25) is 4.79 Å². The van der Waals surface area contributed by atoms with Crippen molar-refractivity contribution in [2.45, 2.75) is 30.1 Å². The summed E-state index contributed by atoms with van der Waals surface area (Å²) in [7, 11) is 0. The summed E-state index contributed by atoms with van der Waals surface area (Å²) in [6.45, 7) is 3.15. The second-order valence-corrected chi connectivity index (χ2v) is 4.42. The zero-order valence-electron chi connectivity index (χ0n) is 8.31. The highest BCUT2D eigenvalue weighted by molar-refractivity contribution is 8.00. The van der Waals surface area contributed by atoms with Crippen molar-refractivity contribution in [2.24, 2.45) is 0 Å². The lowest BCUT2D eigenvalue weighted by Gasteiger charge is -2.15. The minimum absolute atomic E-state index is 0.00820. The van der Waals surface area contributed by atoms with E-state index in [0.29, 0.717) is 0 Å². The van der Waals surface area contributed by atoms with Crippen molar-refractivity contribution >= 4 is 17.5 Å². The van der Waals surface area contributed by atoms with E-state index in [9.17, 15) is 9.90 Å². The van der Waals surface area contributed by atoms with Gasteiger partial charge < -0.3 is 5.11 Å². The number of ketones is 1. The van der Waals surface area contributed by atoms with E-state index in [2.05, 4.69) is 0 Å². The number of aliphatic hydroxyl groups is 1. The van der Waals surface area contributed by atoms with Crippen molar-refractivity contribution in [2.75, 3.05) is 0 Å². The second-order valence-electron chi connectivity index (χ2n) is 3.20. The number of aliphatic hydroxyl groups excluding tert-OH is 1. The maximum Gasteiger partial charge on any atom is 0.145 e. The van der Waals surface area contributed by atoms with Crippen LogP contribution in [0.1, 0.15) is 13.8 Å². The van der Waals surface area contributed by atoms with Gasteiger partial charge in [0.1, 0.15) is 5.78 Å². The summed E-state index contributed by atoms with van der Waals surface area (Å²) in [5.74, 6) is 0.00820. The Morgan fingerprint density at radius 2 is 1.93 bits per heavy atom. The maximum absolute atomic E-state index is 11.2. The van der Waals surface area contributed by atoms with Crippen LogP contribution in [0.5, 0.6) is 0 Å². The molecule has 76 valence electrons. The standard InChI is InChI=1S/C11H14O2S/c1-8(12)11(9(2)13)14-10-6-4-3-5-7-10/h3-8,11-12H,1-2H3/t8-,11+/m0/s1. The van der Waals surface area contributed by atoms with Crippen LogP contribution in [0.2, 0.25) is 0 Å². The third-order valence-electron chi connectivity index (χ3n) is 1.85. The Morgan fingerprint density at radius 3 is 2.36 bits per heavy atom. The lowest BCUT2D eigenvalue weighted by atomic mass is 10.2. The highest BCUT2D eigenvalue weighted by Crippen LogP contribution is 2.25. The lowest BCUT2D eigenvalue weighted by Crippen LogP contribution is -2.26. The smallest absolute Gasteiger partial charge is 0.145 e. The first-order valence-electron chi connectivity index (χ1n) is 4.51. The van der Waals surface area contributed by atoms with E-state index in [0.717, 1.165) is 4.90 Å². The van der Waals surface area contributed by atoms with Crippen LogP contribution in [0.4, 0.5) is 0 Å². The molecule has 1 aromatic rings. The second kappa shape index (κ2) is 5.17. The molecule has 0 aliphatic carbocycles. The molecular weight excluding hydrogens is 196 g/mol. The first-order chi connectivity index (χ1) is 6.61. The van der Waals surface area contributed by atoms with Crippen LogP contribution >= 0.6 is 11.8 Å². The highest BCUT2D eigenvalue weighted by Gasteiger charge is 2.20. The molecule has 0 saturated carbocycles. The van der Waals surface area contributed by atoms with Gasteiger partial charge in [0, 0.05) is 4.90 Å². The Morgan fingerprint density at radius 1 is 1.36 bits per heavy atom. The van der Waals surface area contributed by atoms with E-state index in [1.807, 2.05) is 30.3 Å². The van der Waals surface area contributed by atoms with Gasteiger partial charge in [-0.15, -0.1) is 11.8 Å². The Hall–Kier alpha value is -0.800. The van der Waals surface area contributed by atoms with Gasteiger partial charge in [0.15, 0.2) is 0 Å². The van der Waals surface area contributed by atoms with E-state index in [1.54, 1.807) is 6.92 Å². The van der Waals surface area contributed by atoms with Gasteiger partial charge in [-0.25, -0.2) is 0 Å². The minimum Gasteiger partial charge on any atom is -0.392 e. The van der Waals surface area contributed by atoms with Crippen LogP contribution in [0, 0.1) is 0 Å². The molecule has 0 saturated heterocycles. The minimum atomic E-state index is -0.613. The summed E-state index contributed by atoms with van der Waals surface area (Å²) >= 11 is 1.41. The Labute approximate surface area is 88.3 Å². The van der Waals surface area contributed by atoms with Crippen LogP contribution in [-0.2, 0) is 4.79 Å². The van der Waals surface area contributed by atoms with E-state index >= 15 is 0 Å². The number of Topliss-reactive ketones (excluding diaryl/α,β-unsaturated/α-hetero) is 1. The fourth-order valence-electron chi connectivity index (χ4n) is 1.17. The van der Waals surface area contributed by atoms with Gasteiger partial charge in [-0.2, -0.15) is 0 Å². The van der Waals surface area contributed by atoms with E-state index in [1.165, 1.54) is 18.7 Å². The molecule has 0 aliphatic rings. The topological polar surface area (TPSA) is 37.3 Å². The Balaban J connectivity index is 2.70. The molecule has 0 fully saturated rings. The van der Waals surface area contributed by atoms with Crippen molar-refractivity contribution in [3.05, 3.63) is 30.3 Å². The molecule has 0 bridgehead atoms. The largest absolute Gasteiger partial charge is 0.392 e. The molecule has 0 spiro atoms. The van der Waals surface area contributed by atoms with Gasteiger partial charge in [-0.05, 0) is 26.0 Å². The molecule has 2 atom stereocenters. The van der Waals surface area contributed by atoms with Gasteiger partial charge in [0.05, 0.1) is 11.4 Å². The molecule has 3 heteroatoms. The molecule has 0 unspecified atom stereocenters. The molecule has 0 heterocycles. The van der Waals surface area contributed by atoms with Crippen LogP contribution < -0.4 is 0 Å². The monoisotopic (exact) mass is 210 g/mol. The van der Waals surface area contributed by atoms with Crippen molar-refractivity contribution in [3.63, 3.8) is 0 Å². The molecule has 0 aliphatic heterocycles. The van der Waals surface area contributed by atoms with Crippen LogP contribution in [-0.4, -0.2) is 22.2 Å². The van der Waals surface area contributed by atoms with Crippen molar-refractivity contribution < 1.29 is 9.90 Å². The van der Waals surface area contributed by atoms with E-state index < -0.39 is 6.10 Å². The Bertz CT molecular complexity index is 295. The van der Waals surface area contributed by atoms with Crippen molar-refractivity contribution in [3.8, 4) is 0 Å². The summed E-state index contributed by atoms with van der Waals surface area (Å²) in [6, 6.07) is 9.63. The molecule has 1 N–H and O–H groups in total. The first-order valence-corrected chi connectivity index (χ1v) is 5.39. The predicted octanol–water partition coefficient (Wildman–Crippen LogP) is 2.12. The normalized spacial score (nSPS) is 14.8. The SMILES string of the molecule is CC(=O)[C@H](Sc1ccccc1)[C@H](C)O.